The third-order valence-electron chi connectivity index (χ3n) is 4.45. The molecule has 0 amide bonds. The van der Waals surface area contributed by atoms with Crippen molar-refractivity contribution in [1.82, 2.24) is 4.31 Å². The van der Waals surface area contributed by atoms with Crippen LogP contribution in [0.5, 0.6) is 0 Å². The van der Waals surface area contributed by atoms with Gasteiger partial charge in [-0.05, 0) is 37.6 Å². The maximum Gasteiger partial charge on any atom is 0.214 e. The van der Waals surface area contributed by atoms with Crippen LogP contribution in [0.2, 0.25) is 0 Å². The van der Waals surface area contributed by atoms with E-state index in [-0.39, 0.29) is 6.04 Å². The lowest BCUT2D eigenvalue weighted by Gasteiger charge is -2.39. The summed E-state index contributed by atoms with van der Waals surface area (Å²) >= 11 is 0. The molecular formula is C12H24N2O2S. The molecule has 2 rings (SSSR count). The highest BCUT2D eigenvalue weighted by atomic mass is 32.2. The maximum absolute atomic E-state index is 12.0. The van der Waals surface area contributed by atoms with Crippen molar-refractivity contribution in [3.05, 3.63) is 0 Å². The minimum absolute atomic E-state index is 0.172. The highest BCUT2D eigenvalue weighted by Crippen LogP contribution is 2.36. The Hall–Kier alpha value is -0.130. The van der Waals surface area contributed by atoms with Crippen LogP contribution in [-0.4, -0.2) is 37.6 Å². The number of sulfonamides is 1. The van der Waals surface area contributed by atoms with Crippen LogP contribution in [0.3, 0.4) is 0 Å². The van der Waals surface area contributed by atoms with Crippen LogP contribution in [0.25, 0.3) is 0 Å². The van der Waals surface area contributed by atoms with Gasteiger partial charge in [-0.15, -0.1) is 0 Å². The molecule has 0 aromatic carbocycles. The molecule has 1 aliphatic heterocycles. The first-order valence-corrected chi connectivity index (χ1v) is 8.39. The molecular weight excluding hydrogens is 236 g/mol. The van der Waals surface area contributed by atoms with E-state index < -0.39 is 10.0 Å². The molecule has 3 atom stereocenters. The van der Waals surface area contributed by atoms with E-state index >= 15 is 0 Å². The topological polar surface area (TPSA) is 63.4 Å². The molecule has 17 heavy (non-hydrogen) atoms. The summed E-state index contributed by atoms with van der Waals surface area (Å²) in [5.41, 5.74) is 5.82. The van der Waals surface area contributed by atoms with E-state index in [9.17, 15) is 8.42 Å². The zero-order valence-electron chi connectivity index (χ0n) is 10.6. The first-order valence-electron chi connectivity index (χ1n) is 6.78. The summed E-state index contributed by atoms with van der Waals surface area (Å²) in [4.78, 5) is 0. The van der Waals surface area contributed by atoms with Crippen molar-refractivity contribution in [1.29, 1.82) is 0 Å². The molecule has 100 valence electrons. The molecule has 5 heteroatoms. The molecule has 2 N–H and O–H groups in total. The SMILES string of the molecule is CCC1CCC(CN)C(N2CCCS2(=O)=O)C1. The van der Waals surface area contributed by atoms with E-state index in [1.54, 1.807) is 4.31 Å². The van der Waals surface area contributed by atoms with Gasteiger partial charge in [0, 0.05) is 12.6 Å². The Kier molecular flexibility index (Phi) is 4.10. The fourth-order valence-electron chi connectivity index (χ4n) is 3.32. The Labute approximate surface area is 105 Å². The van der Waals surface area contributed by atoms with Gasteiger partial charge in [0.1, 0.15) is 0 Å². The molecule has 0 bridgehead atoms. The standard InChI is InChI=1S/C12H24N2O2S/c1-2-10-4-5-11(9-13)12(8-10)14-6-3-7-17(14,15)16/h10-12H,2-9,13H2,1H3. The molecule has 1 saturated heterocycles. The Balaban J connectivity index is 2.15. The third kappa shape index (κ3) is 2.66. The minimum Gasteiger partial charge on any atom is -0.330 e. The molecule has 0 aromatic rings. The van der Waals surface area contributed by atoms with Crippen molar-refractivity contribution < 1.29 is 8.42 Å². The number of hydrogen-bond acceptors (Lipinski definition) is 3. The second-order valence-corrected chi connectivity index (χ2v) is 7.47. The minimum atomic E-state index is -2.98. The highest BCUT2D eigenvalue weighted by Gasteiger charge is 2.40. The van der Waals surface area contributed by atoms with E-state index in [0.717, 1.165) is 25.7 Å². The predicted octanol–water partition coefficient (Wildman–Crippen LogP) is 1.18. The van der Waals surface area contributed by atoms with Gasteiger partial charge in [-0.25, -0.2) is 8.42 Å². The van der Waals surface area contributed by atoms with E-state index in [0.29, 0.717) is 30.7 Å². The largest absolute Gasteiger partial charge is 0.330 e. The number of nitrogens with two attached hydrogens (primary N) is 1. The summed E-state index contributed by atoms with van der Waals surface area (Å²) in [6.07, 6.45) is 5.25. The predicted molar refractivity (Wildman–Crippen MR) is 69.1 cm³/mol. The van der Waals surface area contributed by atoms with Gasteiger partial charge in [0.15, 0.2) is 0 Å². The molecule has 2 fully saturated rings. The van der Waals surface area contributed by atoms with Gasteiger partial charge in [0.05, 0.1) is 5.75 Å². The number of nitrogens with zero attached hydrogens (tertiary/aromatic N) is 1. The summed E-state index contributed by atoms with van der Waals surface area (Å²) in [5.74, 6) is 1.38. The molecule has 0 radical (unpaired) electrons. The van der Waals surface area contributed by atoms with Gasteiger partial charge in [-0.2, -0.15) is 4.31 Å². The lowest BCUT2D eigenvalue weighted by Crippen LogP contribution is -2.47. The zero-order valence-corrected chi connectivity index (χ0v) is 11.5. The van der Waals surface area contributed by atoms with Crippen molar-refractivity contribution in [2.75, 3.05) is 18.8 Å². The maximum atomic E-state index is 12.0. The van der Waals surface area contributed by atoms with Crippen LogP contribution in [0.4, 0.5) is 0 Å². The van der Waals surface area contributed by atoms with Crippen LogP contribution in [-0.2, 0) is 10.0 Å². The average molecular weight is 260 g/mol. The van der Waals surface area contributed by atoms with Crippen molar-refractivity contribution in [3.63, 3.8) is 0 Å². The molecule has 1 aliphatic carbocycles. The molecule has 1 saturated carbocycles. The second kappa shape index (κ2) is 5.24. The van der Waals surface area contributed by atoms with E-state index in [1.165, 1.54) is 6.42 Å². The first kappa shape index (κ1) is 13.3. The lowest BCUT2D eigenvalue weighted by molar-refractivity contribution is 0.148. The molecule has 0 aromatic heterocycles. The van der Waals surface area contributed by atoms with E-state index in [1.807, 2.05) is 0 Å². The summed E-state index contributed by atoms with van der Waals surface area (Å²) in [6.45, 7) is 3.52. The van der Waals surface area contributed by atoms with Crippen molar-refractivity contribution in [2.24, 2.45) is 17.6 Å². The van der Waals surface area contributed by atoms with Crippen LogP contribution in [0.15, 0.2) is 0 Å². The summed E-state index contributed by atoms with van der Waals surface area (Å²) in [5, 5.41) is 0. The monoisotopic (exact) mass is 260 g/mol. The van der Waals surface area contributed by atoms with Crippen LogP contribution < -0.4 is 5.73 Å². The molecule has 0 spiro atoms. The van der Waals surface area contributed by atoms with Gasteiger partial charge in [-0.1, -0.05) is 19.8 Å². The second-order valence-electron chi connectivity index (χ2n) is 5.43. The van der Waals surface area contributed by atoms with Gasteiger partial charge in [0.2, 0.25) is 10.0 Å². The third-order valence-corrected chi connectivity index (χ3v) is 6.43. The van der Waals surface area contributed by atoms with Crippen LogP contribution in [0.1, 0.15) is 39.0 Å². The quantitative estimate of drug-likeness (QED) is 0.828. The van der Waals surface area contributed by atoms with Crippen LogP contribution >= 0.6 is 0 Å². The average Bonchev–Trinajstić information content (AvgIpc) is 2.68. The number of rotatable bonds is 3. The molecule has 1 heterocycles. The van der Waals surface area contributed by atoms with E-state index in [2.05, 4.69) is 6.92 Å². The summed E-state index contributed by atoms with van der Waals surface area (Å²) in [6, 6.07) is 0.172. The molecule has 3 unspecified atom stereocenters. The highest BCUT2D eigenvalue weighted by molar-refractivity contribution is 7.89. The molecule has 2 aliphatic rings. The molecule has 4 nitrogen and oxygen atoms in total. The fourth-order valence-corrected chi connectivity index (χ4v) is 5.13. The Morgan fingerprint density at radius 2 is 2.12 bits per heavy atom. The Bertz CT molecular complexity index is 356. The van der Waals surface area contributed by atoms with Gasteiger partial charge < -0.3 is 5.73 Å². The number of hydrogen-bond donors (Lipinski definition) is 1. The van der Waals surface area contributed by atoms with Crippen molar-refractivity contribution in [3.8, 4) is 0 Å². The smallest absolute Gasteiger partial charge is 0.214 e. The van der Waals surface area contributed by atoms with Gasteiger partial charge in [0.25, 0.3) is 0 Å². The first-order chi connectivity index (χ1) is 8.08. The van der Waals surface area contributed by atoms with Crippen LogP contribution in [0, 0.1) is 11.8 Å². The van der Waals surface area contributed by atoms with Crippen molar-refractivity contribution >= 4 is 10.0 Å². The van der Waals surface area contributed by atoms with E-state index in [4.69, 9.17) is 5.73 Å². The normalized spacial score (nSPS) is 38.4. The fraction of sp³-hybridized carbons (Fsp3) is 1.00. The van der Waals surface area contributed by atoms with Crippen molar-refractivity contribution in [2.45, 2.75) is 45.1 Å². The summed E-state index contributed by atoms with van der Waals surface area (Å²) < 4.78 is 25.8. The summed E-state index contributed by atoms with van der Waals surface area (Å²) in [7, 11) is -2.98. The van der Waals surface area contributed by atoms with Gasteiger partial charge in [-0.3, -0.25) is 0 Å². The van der Waals surface area contributed by atoms with Gasteiger partial charge >= 0.3 is 0 Å². The lowest BCUT2D eigenvalue weighted by atomic mass is 9.77. The Morgan fingerprint density at radius 3 is 2.65 bits per heavy atom. The zero-order chi connectivity index (χ0) is 12.5. The Morgan fingerprint density at radius 1 is 1.35 bits per heavy atom.